The van der Waals surface area contributed by atoms with Crippen LogP contribution in [-0.2, 0) is 14.8 Å². The Kier molecular flexibility index (Phi) is 7.43. The quantitative estimate of drug-likeness (QED) is 0.476. The molecule has 0 heterocycles. The number of hydrogen-bond donors (Lipinski definition) is 2. The van der Waals surface area contributed by atoms with Gasteiger partial charge in [0.05, 0.1) is 36.9 Å². The van der Waals surface area contributed by atoms with Crippen LogP contribution in [0, 0.1) is 0 Å². The van der Waals surface area contributed by atoms with Crippen molar-refractivity contribution in [1.82, 2.24) is 9.73 Å². The monoisotopic (exact) mass is 441 g/mol. The van der Waals surface area contributed by atoms with Crippen LogP contribution in [0.15, 0.2) is 46.4 Å². The molecule has 0 spiro atoms. The van der Waals surface area contributed by atoms with Gasteiger partial charge in [-0.2, -0.15) is 9.41 Å². The number of aromatic hydroxyl groups is 1. The Morgan fingerprint density at radius 1 is 1.21 bits per heavy atom. The molecule has 9 nitrogen and oxygen atoms in total. The molecule has 0 aromatic heterocycles. The van der Waals surface area contributed by atoms with Crippen molar-refractivity contribution < 1.29 is 27.8 Å². The zero-order valence-corrected chi connectivity index (χ0v) is 17.5. The summed E-state index contributed by atoms with van der Waals surface area (Å²) >= 11 is 5.97. The van der Waals surface area contributed by atoms with Crippen molar-refractivity contribution in [1.29, 1.82) is 0 Å². The van der Waals surface area contributed by atoms with Gasteiger partial charge < -0.3 is 14.6 Å². The average molecular weight is 442 g/mol. The first kappa shape index (κ1) is 22.5. The van der Waals surface area contributed by atoms with E-state index >= 15 is 0 Å². The minimum absolute atomic E-state index is 0.0286. The first-order valence-electron chi connectivity index (χ1n) is 8.18. The number of likely N-dealkylation sites (N-methyl/N-ethyl adjacent to an activating group) is 1. The van der Waals surface area contributed by atoms with Gasteiger partial charge in [0.1, 0.15) is 5.75 Å². The van der Waals surface area contributed by atoms with E-state index in [1.165, 1.54) is 57.8 Å². The molecule has 2 N–H and O–H groups in total. The van der Waals surface area contributed by atoms with E-state index in [1.54, 1.807) is 6.07 Å². The van der Waals surface area contributed by atoms with E-state index in [4.69, 9.17) is 21.1 Å². The molecule has 156 valence electrons. The summed E-state index contributed by atoms with van der Waals surface area (Å²) in [6, 6.07) is 8.53. The SMILES string of the molecule is COc1cc(C=NNC(=O)CN(C)S(=O)(=O)c2ccc(OC)c(Cl)c2)ccc1O. The lowest BCUT2D eigenvalue weighted by atomic mass is 10.2. The number of phenols is 1. The summed E-state index contributed by atoms with van der Waals surface area (Å²) in [5, 5.41) is 13.5. The van der Waals surface area contributed by atoms with Crippen LogP contribution in [0.2, 0.25) is 5.02 Å². The molecule has 11 heteroatoms. The number of benzene rings is 2. The van der Waals surface area contributed by atoms with E-state index in [0.29, 0.717) is 11.3 Å². The predicted molar refractivity (Wildman–Crippen MR) is 108 cm³/mol. The molecule has 0 aliphatic rings. The van der Waals surface area contributed by atoms with Gasteiger partial charge in [-0.15, -0.1) is 0 Å². The Balaban J connectivity index is 2.01. The van der Waals surface area contributed by atoms with Gasteiger partial charge in [0.2, 0.25) is 10.0 Å². The van der Waals surface area contributed by atoms with Gasteiger partial charge in [-0.25, -0.2) is 13.8 Å². The van der Waals surface area contributed by atoms with Crippen molar-refractivity contribution >= 4 is 33.7 Å². The third kappa shape index (κ3) is 5.59. The van der Waals surface area contributed by atoms with E-state index in [9.17, 15) is 18.3 Å². The van der Waals surface area contributed by atoms with Crippen molar-refractivity contribution in [3.8, 4) is 17.2 Å². The summed E-state index contributed by atoms with van der Waals surface area (Å²) in [6.07, 6.45) is 1.33. The number of hydrazone groups is 1. The van der Waals surface area contributed by atoms with Crippen molar-refractivity contribution in [3.05, 3.63) is 47.0 Å². The predicted octanol–water partition coefficient (Wildman–Crippen LogP) is 1.83. The fraction of sp³-hybridized carbons (Fsp3) is 0.222. The Hall–Kier alpha value is -2.82. The number of rotatable bonds is 8. The standard InChI is InChI=1S/C18H20ClN3O6S/c1-22(29(25,26)13-5-7-16(27-2)14(19)9-13)11-18(24)21-20-10-12-4-6-15(23)17(8-12)28-3/h4-10,23H,11H2,1-3H3,(H,21,24). The second-order valence-electron chi connectivity index (χ2n) is 5.78. The van der Waals surface area contributed by atoms with Crippen LogP contribution >= 0.6 is 11.6 Å². The molecule has 0 unspecified atom stereocenters. The minimum Gasteiger partial charge on any atom is -0.504 e. The van der Waals surface area contributed by atoms with E-state index < -0.39 is 22.5 Å². The number of carbonyl (C=O) groups is 1. The largest absolute Gasteiger partial charge is 0.504 e. The zero-order valence-electron chi connectivity index (χ0n) is 15.9. The van der Waals surface area contributed by atoms with Gasteiger partial charge >= 0.3 is 0 Å². The second kappa shape index (κ2) is 9.59. The maximum Gasteiger partial charge on any atom is 0.255 e. The van der Waals surface area contributed by atoms with E-state index in [-0.39, 0.29) is 21.4 Å². The Morgan fingerprint density at radius 2 is 1.90 bits per heavy atom. The Morgan fingerprint density at radius 3 is 2.52 bits per heavy atom. The fourth-order valence-electron chi connectivity index (χ4n) is 2.26. The number of ether oxygens (including phenoxy) is 2. The highest BCUT2D eigenvalue weighted by molar-refractivity contribution is 7.89. The molecule has 0 saturated heterocycles. The van der Waals surface area contributed by atoms with E-state index in [2.05, 4.69) is 10.5 Å². The number of halogens is 1. The average Bonchev–Trinajstić information content (AvgIpc) is 2.69. The molecular formula is C18H20ClN3O6S. The summed E-state index contributed by atoms with van der Waals surface area (Å²) < 4.78 is 36.0. The first-order chi connectivity index (χ1) is 13.7. The van der Waals surface area contributed by atoms with E-state index in [0.717, 1.165) is 4.31 Å². The zero-order chi connectivity index (χ0) is 21.6. The topological polar surface area (TPSA) is 118 Å². The lowest BCUT2D eigenvalue weighted by Crippen LogP contribution is -2.36. The molecule has 2 aromatic carbocycles. The normalized spacial score (nSPS) is 11.6. The van der Waals surface area contributed by atoms with Gasteiger partial charge in [0, 0.05) is 7.05 Å². The highest BCUT2D eigenvalue weighted by Gasteiger charge is 2.23. The third-order valence-electron chi connectivity index (χ3n) is 3.80. The Bertz CT molecular complexity index is 1030. The maximum absolute atomic E-state index is 12.6. The number of hydrogen-bond acceptors (Lipinski definition) is 7. The lowest BCUT2D eigenvalue weighted by Gasteiger charge is -2.16. The fourth-order valence-corrected chi connectivity index (χ4v) is 3.74. The van der Waals surface area contributed by atoms with Crippen LogP contribution in [0.3, 0.4) is 0 Å². The van der Waals surface area contributed by atoms with Crippen LogP contribution in [0.1, 0.15) is 5.56 Å². The van der Waals surface area contributed by atoms with Crippen molar-refractivity contribution in [2.75, 3.05) is 27.8 Å². The van der Waals surface area contributed by atoms with Crippen molar-refractivity contribution in [2.45, 2.75) is 4.90 Å². The first-order valence-corrected chi connectivity index (χ1v) is 9.99. The maximum atomic E-state index is 12.6. The third-order valence-corrected chi connectivity index (χ3v) is 5.90. The van der Waals surface area contributed by atoms with Crippen molar-refractivity contribution in [2.24, 2.45) is 5.10 Å². The minimum atomic E-state index is -3.94. The molecule has 0 radical (unpaired) electrons. The summed E-state index contributed by atoms with van der Waals surface area (Å²) in [6.45, 7) is -0.456. The van der Waals surface area contributed by atoms with Gasteiger partial charge in [-0.1, -0.05) is 11.6 Å². The van der Waals surface area contributed by atoms with Crippen LogP contribution < -0.4 is 14.9 Å². The summed E-state index contributed by atoms with van der Waals surface area (Å²) in [7, 11) is 0.153. The number of amides is 1. The molecule has 2 rings (SSSR count). The molecule has 0 saturated carbocycles. The lowest BCUT2D eigenvalue weighted by molar-refractivity contribution is -0.121. The van der Waals surface area contributed by atoms with Gasteiger partial charge in [0.15, 0.2) is 11.5 Å². The van der Waals surface area contributed by atoms with Crippen LogP contribution in [-0.4, -0.2) is 57.8 Å². The summed E-state index contributed by atoms with van der Waals surface area (Å²) in [5.74, 6) is -0.0766. The van der Waals surface area contributed by atoms with Crippen LogP contribution in [0.4, 0.5) is 0 Å². The molecule has 1 amide bonds. The number of sulfonamides is 1. The number of phenolic OH excluding ortho intramolecular Hbond substituents is 1. The Labute approximate surface area is 173 Å². The van der Waals surface area contributed by atoms with Crippen LogP contribution in [0.25, 0.3) is 0 Å². The summed E-state index contributed by atoms with van der Waals surface area (Å²) in [4.78, 5) is 12.0. The highest BCUT2D eigenvalue weighted by Crippen LogP contribution is 2.28. The van der Waals surface area contributed by atoms with Gasteiger partial charge in [-0.3, -0.25) is 4.79 Å². The molecule has 0 aliphatic carbocycles. The van der Waals surface area contributed by atoms with E-state index in [1.807, 2.05) is 0 Å². The second-order valence-corrected chi connectivity index (χ2v) is 8.23. The number of nitrogens with zero attached hydrogens (tertiary/aromatic N) is 2. The molecular weight excluding hydrogens is 422 g/mol. The van der Waals surface area contributed by atoms with Gasteiger partial charge in [-0.05, 0) is 42.0 Å². The molecule has 0 fully saturated rings. The molecule has 0 bridgehead atoms. The summed E-state index contributed by atoms with van der Waals surface area (Å²) in [5.41, 5.74) is 2.81. The van der Waals surface area contributed by atoms with Crippen molar-refractivity contribution in [3.63, 3.8) is 0 Å². The number of nitrogens with one attached hydrogen (secondary N) is 1. The molecule has 0 atom stereocenters. The smallest absolute Gasteiger partial charge is 0.255 e. The molecule has 29 heavy (non-hydrogen) atoms. The highest BCUT2D eigenvalue weighted by atomic mass is 35.5. The number of carbonyl (C=O) groups excluding carboxylic acids is 1. The van der Waals surface area contributed by atoms with Gasteiger partial charge in [0.25, 0.3) is 5.91 Å². The molecule has 0 aliphatic heterocycles. The van der Waals surface area contributed by atoms with Crippen LogP contribution in [0.5, 0.6) is 17.2 Å². The number of methoxy groups -OCH3 is 2. The molecule has 2 aromatic rings.